The molecule has 23 heavy (non-hydrogen) atoms. The summed E-state index contributed by atoms with van der Waals surface area (Å²) in [6.45, 7) is 0. The molecule has 1 aromatic heterocycles. The summed E-state index contributed by atoms with van der Waals surface area (Å²) < 4.78 is 29.9. The van der Waals surface area contributed by atoms with Crippen molar-refractivity contribution in [2.45, 2.75) is 4.90 Å². The van der Waals surface area contributed by atoms with Gasteiger partial charge in [-0.15, -0.1) is 0 Å². The third kappa shape index (κ3) is 2.97. The van der Waals surface area contributed by atoms with E-state index in [1.165, 1.54) is 36.5 Å². The van der Waals surface area contributed by atoms with Gasteiger partial charge < -0.3 is 4.18 Å². The molecule has 116 valence electrons. The van der Waals surface area contributed by atoms with Gasteiger partial charge in [-0.1, -0.05) is 18.2 Å². The zero-order valence-electron chi connectivity index (χ0n) is 11.6. The minimum atomic E-state index is -4.11. The van der Waals surface area contributed by atoms with Crippen LogP contribution in [0.15, 0.2) is 65.7 Å². The molecule has 0 aliphatic carbocycles. The molecule has 0 saturated heterocycles. The van der Waals surface area contributed by atoms with Crippen molar-refractivity contribution in [3.63, 3.8) is 0 Å². The summed E-state index contributed by atoms with van der Waals surface area (Å²) in [4.78, 5) is 14.0. The molecule has 8 heteroatoms. The molecule has 3 rings (SSSR count). The molecule has 7 nitrogen and oxygen atoms in total. The first-order valence-electron chi connectivity index (χ1n) is 6.50. The summed E-state index contributed by atoms with van der Waals surface area (Å²) >= 11 is 0. The minimum Gasteiger partial charge on any atom is -0.379 e. The molecule has 0 bridgehead atoms. The van der Waals surface area contributed by atoms with E-state index in [2.05, 4.69) is 4.98 Å². The van der Waals surface area contributed by atoms with Gasteiger partial charge in [0.2, 0.25) is 0 Å². The van der Waals surface area contributed by atoms with Gasteiger partial charge in [0.05, 0.1) is 10.4 Å². The van der Waals surface area contributed by atoms with Gasteiger partial charge in [0, 0.05) is 23.7 Å². The Hall–Kier alpha value is -3.00. The number of nitrogens with zero attached hydrogens (tertiary/aromatic N) is 2. The Morgan fingerprint density at radius 1 is 1.00 bits per heavy atom. The van der Waals surface area contributed by atoms with Gasteiger partial charge in [0.15, 0.2) is 0 Å². The van der Waals surface area contributed by atoms with Crippen molar-refractivity contribution in [2.75, 3.05) is 0 Å². The van der Waals surface area contributed by atoms with E-state index in [1.807, 2.05) is 0 Å². The van der Waals surface area contributed by atoms with E-state index in [1.54, 1.807) is 24.3 Å². The molecule has 0 N–H and O–H groups in total. The molecule has 0 saturated carbocycles. The van der Waals surface area contributed by atoms with E-state index in [-0.39, 0.29) is 16.3 Å². The van der Waals surface area contributed by atoms with Crippen LogP contribution >= 0.6 is 0 Å². The van der Waals surface area contributed by atoms with Crippen LogP contribution < -0.4 is 4.18 Å². The summed E-state index contributed by atoms with van der Waals surface area (Å²) in [7, 11) is -4.11. The molecule has 0 radical (unpaired) electrons. The van der Waals surface area contributed by atoms with Crippen molar-refractivity contribution in [1.29, 1.82) is 0 Å². The first-order chi connectivity index (χ1) is 11.0. The van der Waals surface area contributed by atoms with Crippen LogP contribution in [0.25, 0.3) is 10.9 Å². The Bertz CT molecular complexity index is 979. The number of hydrogen-bond donors (Lipinski definition) is 0. The smallest absolute Gasteiger partial charge is 0.341 e. The summed E-state index contributed by atoms with van der Waals surface area (Å²) in [5.74, 6) is -0.0106. The van der Waals surface area contributed by atoms with E-state index < -0.39 is 15.0 Å². The highest BCUT2D eigenvalue weighted by atomic mass is 32.2. The first kappa shape index (κ1) is 14.9. The first-order valence-corrected chi connectivity index (χ1v) is 7.91. The summed E-state index contributed by atoms with van der Waals surface area (Å²) in [5.41, 5.74) is 0.151. The highest BCUT2D eigenvalue weighted by Gasteiger charge is 2.21. The fourth-order valence-corrected chi connectivity index (χ4v) is 3.18. The maximum Gasteiger partial charge on any atom is 0.341 e. The van der Waals surface area contributed by atoms with Gasteiger partial charge in [0.1, 0.15) is 10.6 Å². The second-order valence-electron chi connectivity index (χ2n) is 4.62. The summed E-state index contributed by atoms with van der Waals surface area (Å²) in [6.07, 6.45) is 1.49. The lowest BCUT2D eigenvalue weighted by molar-refractivity contribution is -0.384. The monoisotopic (exact) mass is 330 g/mol. The zero-order valence-corrected chi connectivity index (χ0v) is 12.4. The minimum absolute atomic E-state index is 0.0106. The average molecular weight is 330 g/mol. The normalized spacial score (nSPS) is 11.3. The van der Waals surface area contributed by atoms with Gasteiger partial charge >= 0.3 is 10.1 Å². The number of fused-ring (bicyclic) bond motifs is 1. The predicted molar refractivity (Wildman–Crippen MR) is 82.7 cm³/mol. The van der Waals surface area contributed by atoms with Crippen LogP contribution in [0.3, 0.4) is 0 Å². The van der Waals surface area contributed by atoms with E-state index in [0.29, 0.717) is 10.9 Å². The Morgan fingerprint density at radius 2 is 1.70 bits per heavy atom. The third-order valence-electron chi connectivity index (χ3n) is 3.12. The number of rotatable bonds is 4. The van der Waals surface area contributed by atoms with Gasteiger partial charge in [-0.2, -0.15) is 8.42 Å². The van der Waals surface area contributed by atoms with Crippen LogP contribution in [0.5, 0.6) is 5.75 Å². The quantitative estimate of drug-likeness (QED) is 0.414. The topological polar surface area (TPSA) is 99.4 Å². The standard InChI is InChI=1S/C15H10N2O5S/c18-17(19)12-6-8-13(9-7-12)22-23(20,21)14-5-1-3-11-4-2-10-16-15(11)14/h1-10H. The van der Waals surface area contributed by atoms with E-state index in [4.69, 9.17) is 4.18 Å². The molecule has 0 aliphatic rings. The number of pyridine rings is 1. The molecule has 2 aromatic carbocycles. The van der Waals surface area contributed by atoms with Crippen molar-refractivity contribution >= 4 is 26.7 Å². The Balaban J connectivity index is 1.99. The molecule has 0 fully saturated rings. The third-order valence-corrected chi connectivity index (χ3v) is 4.40. The average Bonchev–Trinajstić information content (AvgIpc) is 2.54. The fourth-order valence-electron chi connectivity index (χ4n) is 2.07. The predicted octanol–water partition coefficient (Wildman–Crippen LogP) is 2.91. The maximum absolute atomic E-state index is 12.4. The van der Waals surface area contributed by atoms with Crippen LogP contribution in [-0.2, 0) is 10.1 Å². The molecular weight excluding hydrogens is 320 g/mol. The van der Waals surface area contributed by atoms with Crippen molar-refractivity contribution in [2.24, 2.45) is 0 Å². The van der Waals surface area contributed by atoms with E-state index in [0.717, 1.165) is 0 Å². The van der Waals surface area contributed by atoms with Gasteiger partial charge in [0.25, 0.3) is 5.69 Å². The van der Waals surface area contributed by atoms with Crippen LogP contribution in [-0.4, -0.2) is 18.3 Å². The molecule has 0 amide bonds. The number of hydrogen-bond acceptors (Lipinski definition) is 6. The van der Waals surface area contributed by atoms with Crippen molar-refractivity contribution < 1.29 is 17.5 Å². The molecule has 3 aromatic rings. The van der Waals surface area contributed by atoms with E-state index in [9.17, 15) is 18.5 Å². The van der Waals surface area contributed by atoms with Crippen molar-refractivity contribution in [1.82, 2.24) is 4.98 Å². The molecule has 0 unspecified atom stereocenters. The van der Waals surface area contributed by atoms with Gasteiger partial charge in [-0.3, -0.25) is 15.1 Å². The Labute approximate surface area is 131 Å². The summed E-state index contributed by atoms with van der Waals surface area (Å²) in [6, 6.07) is 13.0. The fraction of sp³-hybridized carbons (Fsp3) is 0. The highest BCUT2D eigenvalue weighted by Crippen LogP contribution is 2.25. The van der Waals surface area contributed by atoms with Crippen molar-refractivity contribution in [3.8, 4) is 5.75 Å². The maximum atomic E-state index is 12.4. The lowest BCUT2D eigenvalue weighted by Gasteiger charge is -2.08. The molecule has 0 spiro atoms. The number of non-ortho nitro benzene ring substituents is 1. The zero-order chi connectivity index (χ0) is 16.4. The van der Waals surface area contributed by atoms with Crippen LogP contribution in [0.1, 0.15) is 0 Å². The molecule has 0 aliphatic heterocycles. The van der Waals surface area contributed by atoms with Gasteiger partial charge in [-0.05, 0) is 24.3 Å². The summed E-state index contributed by atoms with van der Waals surface area (Å²) in [5, 5.41) is 11.3. The lowest BCUT2D eigenvalue weighted by atomic mass is 10.2. The highest BCUT2D eigenvalue weighted by molar-refractivity contribution is 7.87. The van der Waals surface area contributed by atoms with Crippen molar-refractivity contribution in [3.05, 3.63) is 70.9 Å². The lowest BCUT2D eigenvalue weighted by Crippen LogP contribution is -2.10. The number of nitro benzene ring substituents is 1. The SMILES string of the molecule is O=[N+]([O-])c1ccc(OS(=O)(=O)c2cccc3cccnc23)cc1. The number of nitro groups is 1. The molecule has 1 heterocycles. The van der Waals surface area contributed by atoms with Crippen LogP contribution in [0.2, 0.25) is 0 Å². The van der Waals surface area contributed by atoms with E-state index >= 15 is 0 Å². The number of benzene rings is 2. The van der Waals surface area contributed by atoms with Gasteiger partial charge in [-0.25, -0.2) is 0 Å². The second kappa shape index (κ2) is 5.65. The Morgan fingerprint density at radius 3 is 2.39 bits per heavy atom. The number of para-hydroxylation sites is 1. The Kier molecular flexibility index (Phi) is 3.67. The number of aromatic nitrogens is 1. The second-order valence-corrected chi connectivity index (χ2v) is 6.13. The van der Waals surface area contributed by atoms with Crippen LogP contribution in [0.4, 0.5) is 5.69 Å². The molecule has 0 atom stereocenters. The molecular formula is C15H10N2O5S. The van der Waals surface area contributed by atoms with Crippen LogP contribution in [0, 0.1) is 10.1 Å². The largest absolute Gasteiger partial charge is 0.379 e.